The van der Waals surface area contributed by atoms with Crippen LogP contribution in [0.25, 0.3) is 0 Å². The fourth-order valence-corrected chi connectivity index (χ4v) is 3.90. The number of hydrogen-bond acceptors (Lipinski definition) is 4. The number of methoxy groups -OCH3 is 1. The third kappa shape index (κ3) is 4.22. The van der Waals surface area contributed by atoms with Gasteiger partial charge in [-0.15, -0.1) is 0 Å². The van der Waals surface area contributed by atoms with Crippen molar-refractivity contribution in [3.8, 4) is 0 Å². The number of piperidine rings is 2. The number of benzene rings is 1. The van der Waals surface area contributed by atoms with Crippen molar-refractivity contribution in [3.05, 3.63) is 35.4 Å². The number of nitrogens with zero attached hydrogens (tertiary/aromatic N) is 1. The molecule has 2 aliphatic rings. The highest BCUT2D eigenvalue weighted by Gasteiger charge is 2.40. The van der Waals surface area contributed by atoms with Crippen molar-refractivity contribution < 1.29 is 18.3 Å². The molecule has 26 heavy (non-hydrogen) atoms. The first kappa shape index (κ1) is 19.2. The van der Waals surface area contributed by atoms with Crippen LogP contribution in [0.2, 0.25) is 0 Å². The summed E-state index contributed by atoms with van der Waals surface area (Å²) in [6.07, 6.45) is 3.03. The minimum atomic E-state index is -0.773. The SMILES string of the molecule is COC1(C(=O)NC2CCCN(Cc3c(F)cccc3F)C2)CCNCC1. The molecule has 0 aliphatic carbocycles. The summed E-state index contributed by atoms with van der Waals surface area (Å²) in [5.41, 5.74) is -0.684. The van der Waals surface area contributed by atoms with Crippen LogP contribution >= 0.6 is 0 Å². The highest BCUT2D eigenvalue weighted by atomic mass is 19.1. The van der Waals surface area contributed by atoms with Crippen LogP contribution in [0, 0.1) is 11.6 Å². The third-order valence-corrected chi connectivity index (χ3v) is 5.50. The normalized spacial score (nSPS) is 23.6. The molecule has 0 spiro atoms. The number of ether oxygens (including phenoxy) is 1. The molecule has 1 atom stereocenters. The van der Waals surface area contributed by atoms with Gasteiger partial charge in [-0.25, -0.2) is 8.78 Å². The predicted molar refractivity (Wildman–Crippen MR) is 94.6 cm³/mol. The van der Waals surface area contributed by atoms with Gasteiger partial charge in [0.1, 0.15) is 17.2 Å². The molecule has 1 aromatic carbocycles. The molecule has 2 N–H and O–H groups in total. The Balaban J connectivity index is 1.60. The molecule has 1 amide bonds. The molecule has 2 saturated heterocycles. The zero-order chi connectivity index (χ0) is 18.6. The second kappa shape index (κ2) is 8.41. The lowest BCUT2D eigenvalue weighted by atomic mass is 9.90. The molecule has 1 aromatic rings. The summed E-state index contributed by atoms with van der Waals surface area (Å²) in [4.78, 5) is 14.8. The van der Waals surface area contributed by atoms with Crippen molar-refractivity contribution in [1.29, 1.82) is 0 Å². The molecular formula is C19H27F2N3O2. The number of nitrogens with one attached hydrogen (secondary N) is 2. The zero-order valence-electron chi connectivity index (χ0n) is 15.2. The first-order valence-electron chi connectivity index (χ1n) is 9.26. The lowest BCUT2D eigenvalue weighted by Crippen LogP contribution is -2.58. The molecule has 2 fully saturated rings. The highest BCUT2D eigenvalue weighted by molar-refractivity contribution is 5.85. The second-order valence-corrected chi connectivity index (χ2v) is 7.20. The lowest BCUT2D eigenvalue weighted by molar-refractivity contribution is -0.147. The van der Waals surface area contributed by atoms with Crippen molar-refractivity contribution in [2.45, 2.75) is 43.9 Å². The molecule has 0 radical (unpaired) electrons. The number of halogens is 2. The predicted octanol–water partition coefficient (Wildman–Crippen LogP) is 1.81. The van der Waals surface area contributed by atoms with E-state index in [1.807, 2.05) is 4.90 Å². The fourth-order valence-electron chi connectivity index (χ4n) is 3.90. The molecule has 0 aromatic heterocycles. The molecule has 5 nitrogen and oxygen atoms in total. The number of amides is 1. The molecule has 7 heteroatoms. The first-order valence-corrected chi connectivity index (χ1v) is 9.26. The maximum absolute atomic E-state index is 13.9. The van der Waals surface area contributed by atoms with E-state index in [-0.39, 0.29) is 24.1 Å². The lowest BCUT2D eigenvalue weighted by Gasteiger charge is -2.38. The molecule has 0 bridgehead atoms. The summed E-state index contributed by atoms with van der Waals surface area (Å²) in [6.45, 7) is 3.07. The van der Waals surface area contributed by atoms with Gasteiger partial charge in [-0.1, -0.05) is 6.07 Å². The van der Waals surface area contributed by atoms with E-state index in [1.165, 1.54) is 18.2 Å². The zero-order valence-corrected chi connectivity index (χ0v) is 15.2. The average Bonchev–Trinajstić information content (AvgIpc) is 2.65. The number of carbonyl (C=O) groups is 1. The second-order valence-electron chi connectivity index (χ2n) is 7.20. The van der Waals surface area contributed by atoms with Crippen LogP contribution in [0.4, 0.5) is 8.78 Å². The summed E-state index contributed by atoms with van der Waals surface area (Å²) in [7, 11) is 1.58. The fraction of sp³-hybridized carbons (Fsp3) is 0.632. The van der Waals surface area contributed by atoms with Gasteiger partial charge in [-0.3, -0.25) is 9.69 Å². The van der Waals surface area contributed by atoms with Gasteiger partial charge in [-0.2, -0.15) is 0 Å². The van der Waals surface area contributed by atoms with Gasteiger partial charge in [0.2, 0.25) is 0 Å². The van der Waals surface area contributed by atoms with Crippen LogP contribution in [0.1, 0.15) is 31.2 Å². The minimum absolute atomic E-state index is 0.0343. The maximum Gasteiger partial charge on any atom is 0.252 e. The van der Waals surface area contributed by atoms with E-state index in [0.717, 1.165) is 32.5 Å². The van der Waals surface area contributed by atoms with Crippen molar-refractivity contribution in [2.24, 2.45) is 0 Å². The minimum Gasteiger partial charge on any atom is -0.368 e. The van der Waals surface area contributed by atoms with E-state index < -0.39 is 17.2 Å². The Morgan fingerprint density at radius 1 is 1.35 bits per heavy atom. The van der Waals surface area contributed by atoms with Crippen LogP contribution in [0.5, 0.6) is 0 Å². The van der Waals surface area contributed by atoms with E-state index in [4.69, 9.17) is 4.74 Å². The van der Waals surface area contributed by atoms with Gasteiger partial charge in [0.25, 0.3) is 5.91 Å². The summed E-state index contributed by atoms with van der Waals surface area (Å²) in [5.74, 6) is -1.13. The summed E-state index contributed by atoms with van der Waals surface area (Å²) in [6, 6.07) is 3.90. The summed E-state index contributed by atoms with van der Waals surface area (Å²) < 4.78 is 33.4. The molecule has 0 saturated carbocycles. The molecule has 1 unspecified atom stereocenters. The van der Waals surface area contributed by atoms with Gasteiger partial charge in [0.15, 0.2) is 0 Å². The number of hydrogen-bond donors (Lipinski definition) is 2. The molecule has 3 rings (SSSR count). The van der Waals surface area contributed by atoms with Crippen LogP contribution < -0.4 is 10.6 Å². The summed E-state index contributed by atoms with van der Waals surface area (Å²) in [5, 5.41) is 6.34. The van der Waals surface area contributed by atoms with Crippen molar-refractivity contribution in [1.82, 2.24) is 15.5 Å². The van der Waals surface area contributed by atoms with Gasteiger partial charge in [0, 0.05) is 31.8 Å². The molecule has 144 valence electrons. The van der Waals surface area contributed by atoms with Crippen molar-refractivity contribution in [3.63, 3.8) is 0 Å². The first-order chi connectivity index (χ1) is 12.5. The van der Waals surface area contributed by atoms with Crippen LogP contribution in [-0.2, 0) is 16.1 Å². The standard InChI is InChI=1S/C19H27F2N3O2/c1-26-19(7-9-22-10-8-19)18(25)23-14-4-3-11-24(12-14)13-15-16(20)5-2-6-17(15)21/h2,5-6,14,22H,3-4,7-13H2,1H3,(H,23,25). The smallest absolute Gasteiger partial charge is 0.252 e. The number of likely N-dealkylation sites (tertiary alicyclic amines) is 1. The van der Waals surface area contributed by atoms with Crippen molar-refractivity contribution >= 4 is 5.91 Å². The van der Waals surface area contributed by atoms with E-state index in [1.54, 1.807) is 7.11 Å². The average molecular weight is 367 g/mol. The van der Waals surface area contributed by atoms with Crippen molar-refractivity contribution in [2.75, 3.05) is 33.3 Å². The Bertz CT molecular complexity index is 615. The third-order valence-electron chi connectivity index (χ3n) is 5.50. The van der Waals surface area contributed by atoms with E-state index in [9.17, 15) is 13.6 Å². The topological polar surface area (TPSA) is 53.6 Å². The summed E-state index contributed by atoms with van der Waals surface area (Å²) >= 11 is 0. The Kier molecular flexibility index (Phi) is 6.21. The van der Waals surface area contributed by atoms with E-state index in [0.29, 0.717) is 19.4 Å². The van der Waals surface area contributed by atoms with Gasteiger partial charge in [-0.05, 0) is 57.5 Å². The Labute approximate surface area is 153 Å². The highest BCUT2D eigenvalue weighted by Crippen LogP contribution is 2.24. The Hall–Kier alpha value is -1.57. The monoisotopic (exact) mass is 367 g/mol. The molecule has 2 heterocycles. The molecular weight excluding hydrogens is 340 g/mol. The molecule has 2 aliphatic heterocycles. The maximum atomic E-state index is 13.9. The number of carbonyl (C=O) groups excluding carboxylic acids is 1. The Morgan fingerprint density at radius 2 is 2.04 bits per heavy atom. The van der Waals surface area contributed by atoms with Crippen LogP contribution in [-0.4, -0.2) is 55.7 Å². The Morgan fingerprint density at radius 3 is 2.69 bits per heavy atom. The number of rotatable bonds is 5. The van der Waals surface area contributed by atoms with Crippen LogP contribution in [0.15, 0.2) is 18.2 Å². The van der Waals surface area contributed by atoms with Gasteiger partial charge >= 0.3 is 0 Å². The van der Waals surface area contributed by atoms with E-state index >= 15 is 0 Å². The van der Waals surface area contributed by atoms with E-state index in [2.05, 4.69) is 10.6 Å². The van der Waals surface area contributed by atoms with Gasteiger partial charge in [0.05, 0.1) is 0 Å². The van der Waals surface area contributed by atoms with Gasteiger partial charge < -0.3 is 15.4 Å². The quantitative estimate of drug-likeness (QED) is 0.834. The van der Waals surface area contributed by atoms with Crippen LogP contribution in [0.3, 0.4) is 0 Å². The largest absolute Gasteiger partial charge is 0.368 e.